The molecule has 1 N–H and O–H groups in total. The lowest BCUT2D eigenvalue weighted by molar-refractivity contribution is -0.120. The summed E-state index contributed by atoms with van der Waals surface area (Å²) in [6.45, 7) is 0.501. The average molecular weight is 361 g/mol. The van der Waals surface area contributed by atoms with Gasteiger partial charge in [0.1, 0.15) is 10.8 Å². The number of carbonyl (C=O) groups excluding carboxylic acids is 1. The molecule has 0 saturated carbocycles. The van der Waals surface area contributed by atoms with Crippen LogP contribution in [0.1, 0.15) is 17.5 Å². The normalized spacial score (nSPS) is 12.5. The maximum absolute atomic E-state index is 12.2. The lowest BCUT2D eigenvalue weighted by Gasteiger charge is -2.22. The Hall–Kier alpha value is -1.96. The van der Waals surface area contributed by atoms with Gasteiger partial charge in [0.25, 0.3) is 0 Å². The van der Waals surface area contributed by atoms with Crippen molar-refractivity contribution in [1.29, 1.82) is 0 Å². The van der Waals surface area contributed by atoms with E-state index >= 15 is 0 Å². The van der Waals surface area contributed by atoms with Crippen LogP contribution in [0.2, 0.25) is 0 Å². The Bertz CT molecular complexity index is 764. The monoisotopic (exact) mass is 361 g/mol. The van der Waals surface area contributed by atoms with E-state index < -0.39 is 0 Å². The number of rotatable bonds is 7. The van der Waals surface area contributed by atoms with Crippen molar-refractivity contribution in [2.45, 2.75) is 12.5 Å². The van der Waals surface area contributed by atoms with Gasteiger partial charge in [0.15, 0.2) is 0 Å². The number of likely N-dealkylation sites (N-methyl/N-ethyl adjacent to an activating group) is 1. The van der Waals surface area contributed by atoms with E-state index in [2.05, 4.69) is 10.3 Å². The number of hydrogen-bond acceptors (Lipinski definition) is 6. The number of aromatic nitrogens is 1. The van der Waals surface area contributed by atoms with Gasteiger partial charge in [0, 0.05) is 11.9 Å². The van der Waals surface area contributed by atoms with E-state index in [-0.39, 0.29) is 11.9 Å². The third kappa shape index (κ3) is 4.11. The molecule has 0 aliphatic carbocycles. The molecule has 5 nitrogen and oxygen atoms in total. The Morgan fingerprint density at radius 2 is 2.21 bits per heavy atom. The first kappa shape index (κ1) is 16.9. The minimum atomic E-state index is -0.0311. The van der Waals surface area contributed by atoms with E-state index in [1.165, 1.54) is 0 Å². The summed E-state index contributed by atoms with van der Waals surface area (Å²) in [6, 6.07) is 7.84. The maximum Gasteiger partial charge on any atom is 0.226 e. The largest absolute Gasteiger partial charge is 0.468 e. The molecule has 0 saturated heterocycles. The van der Waals surface area contributed by atoms with Gasteiger partial charge in [0.2, 0.25) is 5.91 Å². The molecular weight excluding hydrogens is 342 g/mol. The molecule has 0 aliphatic rings. The van der Waals surface area contributed by atoms with Crippen LogP contribution in [0.5, 0.6) is 0 Å². The Labute approximate surface area is 149 Å². The van der Waals surface area contributed by atoms with Gasteiger partial charge in [-0.3, -0.25) is 9.69 Å². The molecular formula is C17H19N3O2S2. The highest BCUT2D eigenvalue weighted by Crippen LogP contribution is 2.27. The van der Waals surface area contributed by atoms with E-state index in [0.29, 0.717) is 13.0 Å². The maximum atomic E-state index is 12.2. The minimum Gasteiger partial charge on any atom is -0.468 e. The minimum absolute atomic E-state index is 0.0149. The number of carbonyl (C=O) groups is 1. The van der Waals surface area contributed by atoms with Gasteiger partial charge in [-0.25, -0.2) is 4.98 Å². The number of thiophene rings is 1. The molecule has 0 aliphatic heterocycles. The van der Waals surface area contributed by atoms with Gasteiger partial charge in [-0.15, -0.1) is 22.7 Å². The molecule has 24 heavy (non-hydrogen) atoms. The van der Waals surface area contributed by atoms with E-state index in [9.17, 15) is 4.79 Å². The van der Waals surface area contributed by atoms with Gasteiger partial charge >= 0.3 is 0 Å². The summed E-state index contributed by atoms with van der Waals surface area (Å²) in [5.41, 5.74) is 0.806. The third-order valence-electron chi connectivity index (χ3n) is 3.61. The summed E-state index contributed by atoms with van der Waals surface area (Å²) < 4.78 is 5.45. The molecule has 7 heteroatoms. The molecule has 3 rings (SSSR count). The third-order valence-corrected chi connectivity index (χ3v) is 5.54. The van der Waals surface area contributed by atoms with Gasteiger partial charge in [-0.1, -0.05) is 6.07 Å². The molecule has 3 aromatic heterocycles. The molecule has 126 valence electrons. The van der Waals surface area contributed by atoms with Crippen molar-refractivity contribution < 1.29 is 9.21 Å². The highest BCUT2D eigenvalue weighted by Gasteiger charge is 2.18. The van der Waals surface area contributed by atoms with Crippen LogP contribution in [-0.2, 0) is 11.2 Å². The zero-order chi connectivity index (χ0) is 16.9. The SMILES string of the molecule is CN(C)C(CNC(=O)Cc1csc(-c2cccs2)n1)c1ccco1. The van der Waals surface area contributed by atoms with E-state index in [4.69, 9.17) is 4.42 Å². The van der Waals surface area contributed by atoms with Gasteiger partial charge in [-0.05, 0) is 37.7 Å². The first-order valence-corrected chi connectivity index (χ1v) is 9.34. The molecule has 0 aromatic carbocycles. The smallest absolute Gasteiger partial charge is 0.226 e. The number of furan rings is 1. The summed E-state index contributed by atoms with van der Waals surface area (Å²) in [5, 5.41) is 7.91. The molecule has 1 amide bonds. The summed E-state index contributed by atoms with van der Waals surface area (Å²) in [5.74, 6) is 0.811. The van der Waals surface area contributed by atoms with Crippen molar-refractivity contribution in [1.82, 2.24) is 15.2 Å². The average Bonchev–Trinajstić information content (AvgIpc) is 3.29. The molecule has 1 unspecified atom stereocenters. The zero-order valence-electron chi connectivity index (χ0n) is 13.6. The summed E-state index contributed by atoms with van der Waals surface area (Å²) in [6.07, 6.45) is 1.94. The van der Waals surface area contributed by atoms with Crippen molar-refractivity contribution in [3.63, 3.8) is 0 Å². The van der Waals surface area contributed by atoms with E-state index in [1.54, 1.807) is 28.9 Å². The summed E-state index contributed by atoms with van der Waals surface area (Å²) in [7, 11) is 3.93. The van der Waals surface area contributed by atoms with Gasteiger partial charge in [-0.2, -0.15) is 0 Å². The Balaban J connectivity index is 1.56. The van der Waals surface area contributed by atoms with Crippen LogP contribution < -0.4 is 5.32 Å². The summed E-state index contributed by atoms with van der Waals surface area (Å²) >= 11 is 3.23. The zero-order valence-corrected chi connectivity index (χ0v) is 15.2. The second-order valence-corrected chi connectivity index (χ2v) is 7.40. The molecule has 0 fully saturated rings. The first-order chi connectivity index (χ1) is 11.6. The lowest BCUT2D eigenvalue weighted by Crippen LogP contribution is -2.35. The Morgan fingerprint density at radius 1 is 1.33 bits per heavy atom. The van der Waals surface area contributed by atoms with Gasteiger partial charge < -0.3 is 9.73 Å². The van der Waals surface area contributed by atoms with Crippen LogP contribution in [0.4, 0.5) is 0 Å². The quantitative estimate of drug-likeness (QED) is 0.700. The number of hydrogen-bond donors (Lipinski definition) is 1. The van der Waals surface area contributed by atoms with Crippen LogP contribution in [0.3, 0.4) is 0 Å². The van der Waals surface area contributed by atoms with Crippen molar-refractivity contribution in [3.05, 3.63) is 52.7 Å². The molecule has 0 radical (unpaired) electrons. The predicted molar refractivity (Wildman–Crippen MR) is 97.3 cm³/mol. The Morgan fingerprint density at radius 3 is 2.88 bits per heavy atom. The van der Waals surface area contributed by atoms with Crippen molar-refractivity contribution in [2.24, 2.45) is 0 Å². The fourth-order valence-electron chi connectivity index (χ4n) is 2.36. The van der Waals surface area contributed by atoms with Crippen LogP contribution >= 0.6 is 22.7 Å². The molecule has 0 bridgehead atoms. The molecule has 3 heterocycles. The highest BCUT2D eigenvalue weighted by atomic mass is 32.1. The van der Waals surface area contributed by atoms with E-state index in [1.807, 2.05) is 54.0 Å². The van der Waals surface area contributed by atoms with Crippen molar-refractivity contribution >= 4 is 28.6 Å². The Kier molecular flexibility index (Phi) is 5.44. The number of amides is 1. The first-order valence-electron chi connectivity index (χ1n) is 7.58. The number of nitrogens with zero attached hydrogens (tertiary/aromatic N) is 2. The topological polar surface area (TPSA) is 58.4 Å². The van der Waals surface area contributed by atoms with Crippen LogP contribution in [0, 0.1) is 0 Å². The highest BCUT2D eigenvalue weighted by molar-refractivity contribution is 7.20. The van der Waals surface area contributed by atoms with Crippen molar-refractivity contribution in [3.8, 4) is 9.88 Å². The second kappa shape index (κ2) is 7.74. The molecule has 1 atom stereocenters. The number of thiazole rings is 1. The van der Waals surface area contributed by atoms with Crippen LogP contribution in [0.25, 0.3) is 9.88 Å². The van der Waals surface area contributed by atoms with E-state index in [0.717, 1.165) is 21.3 Å². The fraction of sp³-hybridized carbons (Fsp3) is 0.294. The standard InChI is InChI=1S/C17H19N3O2S2/c1-20(2)13(14-5-3-7-22-14)10-18-16(21)9-12-11-24-17(19-12)15-6-4-8-23-15/h3-8,11,13H,9-10H2,1-2H3,(H,18,21). The van der Waals surface area contributed by atoms with Crippen LogP contribution in [-0.4, -0.2) is 36.4 Å². The molecule has 3 aromatic rings. The van der Waals surface area contributed by atoms with Crippen molar-refractivity contribution in [2.75, 3.05) is 20.6 Å². The van der Waals surface area contributed by atoms with Gasteiger partial charge in [0.05, 0.1) is 29.3 Å². The predicted octanol–water partition coefficient (Wildman–Crippen LogP) is 3.43. The lowest BCUT2D eigenvalue weighted by atomic mass is 10.2. The van der Waals surface area contributed by atoms with Crippen LogP contribution in [0.15, 0.2) is 45.7 Å². The second-order valence-electron chi connectivity index (χ2n) is 5.60. The summed E-state index contributed by atoms with van der Waals surface area (Å²) in [4.78, 5) is 19.9. The number of nitrogens with one attached hydrogen (secondary N) is 1. The molecule has 0 spiro atoms. The fourth-order valence-corrected chi connectivity index (χ4v) is 3.99.